The summed E-state index contributed by atoms with van der Waals surface area (Å²) in [5.74, 6) is 0.158. The minimum atomic E-state index is -1.39. The monoisotopic (exact) mass is 347 g/mol. The highest BCUT2D eigenvalue weighted by Gasteiger charge is 2.43. The Balaban J connectivity index is 1.64. The normalized spacial score (nSPS) is 20.3. The number of amides is 1. The van der Waals surface area contributed by atoms with Crippen molar-refractivity contribution in [1.29, 1.82) is 0 Å². The predicted molar refractivity (Wildman–Crippen MR) is 91.2 cm³/mol. The molecule has 0 aromatic heterocycles. The summed E-state index contributed by atoms with van der Waals surface area (Å²) in [5, 5.41) is 2.73. The van der Waals surface area contributed by atoms with Crippen molar-refractivity contribution in [2.45, 2.75) is 17.2 Å². The third kappa shape index (κ3) is 3.48. The summed E-state index contributed by atoms with van der Waals surface area (Å²) in [7, 11) is 0.223. The molecule has 0 spiro atoms. The van der Waals surface area contributed by atoms with E-state index >= 15 is 0 Å². The molecule has 1 fully saturated rings. The number of anilines is 1. The summed E-state index contributed by atoms with van der Waals surface area (Å²) in [6, 6.07) is 11.9. The van der Waals surface area contributed by atoms with Crippen LogP contribution in [0.2, 0.25) is 0 Å². The SMILES string of the molecule is COc1ccc(C2CC2C(=O)Nc2ccc(S(C)=O)c(F)c2)cc1. The molecule has 1 aliphatic rings. The van der Waals surface area contributed by atoms with E-state index in [0.29, 0.717) is 5.69 Å². The highest BCUT2D eigenvalue weighted by Crippen LogP contribution is 2.48. The van der Waals surface area contributed by atoms with E-state index in [0.717, 1.165) is 17.7 Å². The molecule has 0 heterocycles. The molecule has 0 saturated heterocycles. The number of halogens is 1. The second kappa shape index (κ2) is 6.73. The highest BCUT2D eigenvalue weighted by molar-refractivity contribution is 7.84. The molecule has 3 unspecified atom stereocenters. The van der Waals surface area contributed by atoms with Crippen LogP contribution in [0.15, 0.2) is 47.4 Å². The number of methoxy groups -OCH3 is 1. The van der Waals surface area contributed by atoms with Gasteiger partial charge in [0, 0.05) is 17.9 Å². The van der Waals surface area contributed by atoms with Crippen molar-refractivity contribution in [3.63, 3.8) is 0 Å². The third-order valence-electron chi connectivity index (χ3n) is 4.18. The van der Waals surface area contributed by atoms with Gasteiger partial charge in [-0.05, 0) is 48.2 Å². The lowest BCUT2D eigenvalue weighted by atomic mass is 10.1. The maximum absolute atomic E-state index is 13.8. The largest absolute Gasteiger partial charge is 0.497 e. The van der Waals surface area contributed by atoms with E-state index in [9.17, 15) is 13.4 Å². The van der Waals surface area contributed by atoms with Crippen molar-refractivity contribution >= 4 is 22.4 Å². The van der Waals surface area contributed by atoms with Crippen LogP contribution in [0.25, 0.3) is 0 Å². The molecular weight excluding hydrogens is 329 g/mol. The number of nitrogens with one attached hydrogen (secondary N) is 1. The topological polar surface area (TPSA) is 55.4 Å². The Labute approximate surface area is 142 Å². The number of carbonyl (C=O) groups is 1. The van der Waals surface area contributed by atoms with Gasteiger partial charge in [-0.2, -0.15) is 0 Å². The van der Waals surface area contributed by atoms with Gasteiger partial charge in [0.05, 0.1) is 22.8 Å². The molecule has 0 aliphatic heterocycles. The van der Waals surface area contributed by atoms with Crippen molar-refractivity contribution in [2.75, 3.05) is 18.7 Å². The molecule has 3 rings (SSSR count). The number of hydrogen-bond acceptors (Lipinski definition) is 3. The Morgan fingerprint density at radius 2 is 1.96 bits per heavy atom. The van der Waals surface area contributed by atoms with Crippen molar-refractivity contribution < 1.29 is 18.1 Å². The molecule has 1 amide bonds. The zero-order valence-electron chi connectivity index (χ0n) is 13.4. The van der Waals surface area contributed by atoms with Crippen LogP contribution in [-0.2, 0) is 15.6 Å². The molecule has 1 saturated carbocycles. The zero-order valence-corrected chi connectivity index (χ0v) is 14.2. The highest BCUT2D eigenvalue weighted by atomic mass is 32.2. The standard InChI is InChI=1S/C18H18FNO3S/c1-23-13-6-3-11(4-7-13)14-10-15(14)18(21)20-12-5-8-17(24(2)22)16(19)9-12/h3-9,14-15H,10H2,1-2H3,(H,20,21). The minimum absolute atomic E-state index is 0.110. The van der Waals surface area contributed by atoms with E-state index in [1.165, 1.54) is 18.4 Å². The molecule has 3 atom stereocenters. The first-order chi connectivity index (χ1) is 11.5. The number of benzene rings is 2. The van der Waals surface area contributed by atoms with Crippen LogP contribution in [0, 0.1) is 11.7 Å². The van der Waals surface area contributed by atoms with Crippen molar-refractivity contribution in [2.24, 2.45) is 5.92 Å². The summed E-state index contributed by atoms with van der Waals surface area (Å²) in [6.45, 7) is 0. The third-order valence-corrected chi connectivity index (χ3v) is 5.13. The lowest BCUT2D eigenvalue weighted by Crippen LogP contribution is -2.14. The van der Waals surface area contributed by atoms with E-state index in [2.05, 4.69) is 5.32 Å². The predicted octanol–water partition coefficient (Wildman–Crippen LogP) is 3.31. The molecule has 126 valence electrons. The molecule has 2 aromatic rings. The Morgan fingerprint density at radius 1 is 1.25 bits per heavy atom. The van der Waals surface area contributed by atoms with Crippen LogP contribution in [0.1, 0.15) is 17.9 Å². The second-order valence-corrected chi connectivity index (χ2v) is 7.16. The molecule has 0 bridgehead atoms. The van der Waals surface area contributed by atoms with E-state index < -0.39 is 16.6 Å². The summed E-state index contributed by atoms with van der Waals surface area (Å²) < 4.78 is 30.3. The summed E-state index contributed by atoms with van der Waals surface area (Å²) in [4.78, 5) is 12.4. The Bertz CT molecular complexity index is 791. The molecule has 1 N–H and O–H groups in total. The maximum Gasteiger partial charge on any atom is 0.228 e. The smallest absolute Gasteiger partial charge is 0.228 e. The van der Waals surface area contributed by atoms with Gasteiger partial charge in [-0.3, -0.25) is 9.00 Å². The van der Waals surface area contributed by atoms with E-state index in [1.807, 2.05) is 24.3 Å². The van der Waals surface area contributed by atoms with Gasteiger partial charge >= 0.3 is 0 Å². The van der Waals surface area contributed by atoms with Crippen LogP contribution >= 0.6 is 0 Å². The van der Waals surface area contributed by atoms with Crippen LogP contribution in [0.5, 0.6) is 5.75 Å². The Kier molecular flexibility index (Phi) is 4.66. The molecule has 24 heavy (non-hydrogen) atoms. The summed E-state index contributed by atoms with van der Waals surface area (Å²) in [5.41, 5.74) is 1.48. The van der Waals surface area contributed by atoms with Crippen LogP contribution in [0.4, 0.5) is 10.1 Å². The van der Waals surface area contributed by atoms with Crippen LogP contribution < -0.4 is 10.1 Å². The van der Waals surface area contributed by atoms with Crippen molar-refractivity contribution in [1.82, 2.24) is 0 Å². The van der Waals surface area contributed by atoms with Crippen LogP contribution in [-0.4, -0.2) is 23.5 Å². The fourth-order valence-electron chi connectivity index (χ4n) is 2.75. The average Bonchev–Trinajstić information content (AvgIpc) is 3.35. The second-order valence-electron chi connectivity index (χ2n) is 5.81. The first-order valence-electron chi connectivity index (χ1n) is 7.57. The first-order valence-corrected chi connectivity index (χ1v) is 9.13. The van der Waals surface area contributed by atoms with Gasteiger partial charge < -0.3 is 10.1 Å². The van der Waals surface area contributed by atoms with E-state index in [4.69, 9.17) is 4.74 Å². The quantitative estimate of drug-likeness (QED) is 0.903. The number of rotatable bonds is 5. The Hall–Kier alpha value is -2.21. The summed E-state index contributed by atoms with van der Waals surface area (Å²) >= 11 is 0. The van der Waals surface area contributed by atoms with Crippen LogP contribution in [0.3, 0.4) is 0 Å². The fraction of sp³-hybridized carbons (Fsp3) is 0.278. The number of ether oxygens (including phenoxy) is 1. The molecule has 1 aliphatic carbocycles. The number of hydrogen-bond donors (Lipinski definition) is 1. The number of carbonyl (C=O) groups excluding carboxylic acids is 1. The maximum atomic E-state index is 13.8. The summed E-state index contributed by atoms with van der Waals surface area (Å²) in [6.07, 6.45) is 2.19. The van der Waals surface area contributed by atoms with Gasteiger partial charge in [0.2, 0.25) is 5.91 Å². The van der Waals surface area contributed by atoms with Gasteiger partial charge in [-0.15, -0.1) is 0 Å². The lowest BCUT2D eigenvalue weighted by Gasteiger charge is -2.07. The van der Waals surface area contributed by atoms with E-state index in [1.54, 1.807) is 13.2 Å². The molecule has 6 heteroatoms. The molecular formula is C18H18FNO3S. The van der Waals surface area contributed by atoms with Gasteiger partial charge in [0.15, 0.2) is 0 Å². The zero-order chi connectivity index (χ0) is 17.3. The Morgan fingerprint density at radius 3 is 2.54 bits per heavy atom. The average molecular weight is 347 g/mol. The first kappa shape index (κ1) is 16.6. The molecule has 0 radical (unpaired) electrons. The molecule has 4 nitrogen and oxygen atoms in total. The van der Waals surface area contributed by atoms with Gasteiger partial charge in [0.25, 0.3) is 0 Å². The molecule has 2 aromatic carbocycles. The lowest BCUT2D eigenvalue weighted by molar-refractivity contribution is -0.117. The van der Waals surface area contributed by atoms with Gasteiger partial charge in [-0.25, -0.2) is 4.39 Å². The van der Waals surface area contributed by atoms with Crippen molar-refractivity contribution in [3.05, 3.63) is 53.8 Å². The van der Waals surface area contributed by atoms with E-state index in [-0.39, 0.29) is 22.6 Å². The van der Waals surface area contributed by atoms with Gasteiger partial charge in [-0.1, -0.05) is 12.1 Å². The fourth-order valence-corrected chi connectivity index (χ4v) is 3.34. The van der Waals surface area contributed by atoms with Crippen molar-refractivity contribution in [3.8, 4) is 5.75 Å². The van der Waals surface area contributed by atoms with Gasteiger partial charge in [0.1, 0.15) is 11.6 Å². The minimum Gasteiger partial charge on any atom is -0.497 e.